The topological polar surface area (TPSA) is 35.6 Å². The largest absolute Gasteiger partial charge is 0.307 e. The van der Waals surface area contributed by atoms with E-state index in [1.54, 1.807) is 0 Å². The van der Waals surface area contributed by atoms with E-state index >= 15 is 0 Å². The molecule has 60 heavy (non-hydrogen) atoms. The Morgan fingerprint density at radius 2 is 0.767 bits per heavy atom. The fourth-order valence-electron chi connectivity index (χ4n) is 9.15. The first-order chi connectivity index (χ1) is 29.8. The summed E-state index contributed by atoms with van der Waals surface area (Å²) >= 11 is 0. The van der Waals surface area contributed by atoms with E-state index in [0.717, 1.165) is 45.0 Å². The van der Waals surface area contributed by atoms with Crippen molar-refractivity contribution in [3.8, 4) is 56.4 Å². The van der Waals surface area contributed by atoms with Crippen molar-refractivity contribution in [2.75, 3.05) is 0 Å². The third-order valence-electron chi connectivity index (χ3n) is 11.9. The number of aromatic nitrogens is 4. The zero-order valence-electron chi connectivity index (χ0n) is 32.6. The van der Waals surface area contributed by atoms with Gasteiger partial charge in [0.05, 0.1) is 33.5 Å². The van der Waals surface area contributed by atoms with E-state index in [4.69, 9.17) is 9.97 Å². The van der Waals surface area contributed by atoms with Crippen molar-refractivity contribution in [1.82, 2.24) is 19.1 Å². The summed E-state index contributed by atoms with van der Waals surface area (Å²) in [6.45, 7) is 0. The molecule has 0 saturated carbocycles. The fraction of sp³-hybridized carbons (Fsp3) is 0. The Kier molecular flexibility index (Phi) is 7.82. The van der Waals surface area contributed by atoms with Crippen LogP contribution in [0.1, 0.15) is 0 Å². The summed E-state index contributed by atoms with van der Waals surface area (Å²) in [7, 11) is 0. The van der Waals surface area contributed by atoms with Crippen LogP contribution < -0.4 is 0 Å². The smallest absolute Gasteiger partial charge is 0.160 e. The molecule has 0 fully saturated rings. The third kappa shape index (κ3) is 5.46. The van der Waals surface area contributed by atoms with Gasteiger partial charge in [-0.05, 0) is 76.5 Å². The van der Waals surface area contributed by atoms with Crippen molar-refractivity contribution in [2.24, 2.45) is 0 Å². The van der Waals surface area contributed by atoms with Crippen molar-refractivity contribution >= 4 is 54.4 Å². The molecule has 3 aromatic heterocycles. The summed E-state index contributed by atoms with van der Waals surface area (Å²) in [4.78, 5) is 10.4. The second-order valence-corrected chi connectivity index (χ2v) is 15.4. The van der Waals surface area contributed by atoms with Gasteiger partial charge in [0.15, 0.2) is 5.82 Å². The highest BCUT2D eigenvalue weighted by Crippen LogP contribution is 2.42. The number of fused-ring (bicyclic) bond motifs is 8. The molecule has 0 aliphatic rings. The predicted octanol–water partition coefficient (Wildman–Crippen LogP) is 14.5. The van der Waals surface area contributed by atoms with Crippen molar-refractivity contribution < 1.29 is 0 Å². The summed E-state index contributed by atoms with van der Waals surface area (Å²) in [6, 6.07) is 77.9. The van der Waals surface area contributed by atoms with Gasteiger partial charge in [0.2, 0.25) is 0 Å². The molecule has 0 spiro atoms. The Morgan fingerprint density at radius 1 is 0.300 bits per heavy atom. The maximum Gasteiger partial charge on any atom is 0.160 e. The number of hydrogen-bond donors (Lipinski definition) is 0. The normalized spacial score (nSPS) is 11.7. The molecule has 0 saturated heterocycles. The Bertz CT molecular complexity index is 3560. The van der Waals surface area contributed by atoms with Gasteiger partial charge in [-0.25, -0.2) is 9.97 Å². The standard InChI is InChI=1S/C56H36N4/c1-3-15-39(16-4-1)50-36-51(40-28-26-38(27-29-40)45-23-13-17-37-14-7-8-20-44(37)45)58-56(57-50)41-30-32-43(33-31-41)60-53-25-12-10-22-47(53)49-35-34-48-46-21-9-11-24-52(46)59(54(48)55(49)60)42-18-5-2-6-19-42/h1-36H. The Morgan fingerprint density at radius 3 is 1.40 bits per heavy atom. The van der Waals surface area contributed by atoms with Crippen molar-refractivity contribution in [2.45, 2.75) is 0 Å². The second-order valence-electron chi connectivity index (χ2n) is 15.4. The highest BCUT2D eigenvalue weighted by Gasteiger charge is 2.21. The number of benzene rings is 9. The van der Waals surface area contributed by atoms with Crippen LogP contribution in [-0.4, -0.2) is 19.1 Å². The predicted molar refractivity (Wildman–Crippen MR) is 250 cm³/mol. The molecule has 12 rings (SSSR count). The fourth-order valence-corrected chi connectivity index (χ4v) is 9.15. The SMILES string of the molecule is c1ccc(-c2cc(-c3ccc(-c4cccc5ccccc45)cc3)nc(-c3ccc(-n4c5ccccc5c5ccc6c7ccccc7n(-c7ccccc7)c6c54)cc3)n2)cc1. The number of para-hydroxylation sites is 3. The van der Waals surface area contributed by atoms with Crippen LogP contribution in [0.4, 0.5) is 0 Å². The van der Waals surface area contributed by atoms with Crippen molar-refractivity contribution in [3.63, 3.8) is 0 Å². The Balaban J connectivity index is 1.01. The van der Waals surface area contributed by atoms with Gasteiger partial charge in [-0.15, -0.1) is 0 Å². The van der Waals surface area contributed by atoms with Crippen molar-refractivity contribution in [1.29, 1.82) is 0 Å². The molecule has 4 heteroatoms. The molecule has 0 aliphatic heterocycles. The molecule has 0 bridgehead atoms. The monoisotopic (exact) mass is 764 g/mol. The van der Waals surface area contributed by atoms with E-state index in [1.807, 2.05) is 6.07 Å². The second kappa shape index (κ2) is 13.8. The first kappa shape index (κ1) is 34.0. The van der Waals surface area contributed by atoms with E-state index in [2.05, 4.69) is 221 Å². The average Bonchev–Trinajstić information content (AvgIpc) is 3.85. The van der Waals surface area contributed by atoms with Crippen LogP contribution in [0.15, 0.2) is 218 Å². The van der Waals surface area contributed by atoms with Crippen LogP contribution in [0.2, 0.25) is 0 Å². The van der Waals surface area contributed by atoms with Gasteiger partial charge in [-0.1, -0.05) is 164 Å². The van der Waals surface area contributed by atoms with E-state index < -0.39 is 0 Å². The van der Waals surface area contributed by atoms with Crippen LogP contribution in [0.25, 0.3) is 111 Å². The third-order valence-corrected chi connectivity index (χ3v) is 11.9. The first-order valence-corrected chi connectivity index (χ1v) is 20.4. The van der Waals surface area contributed by atoms with Gasteiger partial charge in [0, 0.05) is 49.6 Å². The lowest BCUT2D eigenvalue weighted by Crippen LogP contribution is -1.99. The maximum atomic E-state index is 5.23. The van der Waals surface area contributed by atoms with Gasteiger partial charge >= 0.3 is 0 Å². The van der Waals surface area contributed by atoms with Crippen LogP contribution in [0.3, 0.4) is 0 Å². The summed E-state index contributed by atoms with van der Waals surface area (Å²) in [5.41, 5.74) is 14.1. The summed E-state index contributed by atoms with van der Waals surface area (Å²) < 4.78 is 4.86. The Labute approximate surface area is 346 Å². The molecule has 9 aromatic carbocycles. The lowest BCUT2D eigenvalue weighted by molar-refractivity contribution is 1.14. The van der Waals surface area contributed by atoms with Gasteiger partial charge in [0.1, 0.15) is 0 Å². The van der Waals surface area contributed by atoms with Crippen LogP contribution in [-0.2, 0) is 0 Å². The molecule has 3 heterocycles. The zero-order valence-corrected chi connectivity index (χ0v) is 32.6. The number of nitrogens with zero attached hydrogens (tertiary/aromatic N) is 4. The molecule has 0 amide bonds. The van der Waals surface area contributed by atoms with Crippen LogP contribution >= 0.6 is 0 Å². The highest BCUT2D eigenvalue weighted by atomic mass is 15.0. The molecule has 0 N–H and O–H groups in total. The molecular weight excluding hydrogens is 729 g/mol. The van der Waals surface area contributed by atoms with E-state index in [-0.39, 0.29) is 0 Å². The minimum atomic E-state index is 0.685. The van der Waals surface area contributed by atoms with Crippen LogP contribution in [0, 0.1) is 0 Å². The molecule has 0 aliphatic carbocycles. The van der Waals surface area contributed by atoms with Gasteiger partial charge < -0.3 is 9.13 Å². The minimum absolute atomic E-state index is 0.685. The summed E-state index contributed by atoms with van der Waals surface area (Å²) in [5.74, 6) is 0.685. The van der Waals surface area contributed by atoms with Crippen molar-refractivity contribution in [3.05, 3.63) is 218 Å². The molecule has 12 aromatic rings. The van der Waals surface area contributed by atoms with Gasteiger partial charge in [0.25, 0.3) is 0 Å². The summed E-state index contributed by atoms with van der Waals surface area (Å²) in [6.07, 6.45) is 0. The minimum Gasteiger partial charge on any atom is -0.307 e. The van der Waals surface area contributed by atoms with E-state index in [1.165, 1.54) is 60.0 Å². The Hall–Kier alpha value is -8.08. The maximum absolute atomic E-state index is 5.23. The highest BCUT2D eigenvalue weighted by molar-refractivity contribution is 6.23. The average molecular weight is 765 g/mol. The first-order valence-electron chi connectivity index (χ1n) is 20.4. The molecule has 0 atom stereocenters. The van der Waals surface area contributed by atoms with Crippen LogP contribution in [0.5, 0.6) is 0 Å². The molecule has 0 radical (unpaired) electrons. The molecule has 4 nitrogen and oxygen atoms in total. The quantitative estimate of drug-likeness (QED) is 0.169. The lowest BCUT2D eigenvalue weighted by atomic mass is 9.97. The van der Waals surface area contributed by atoms with E-state index in [0.29, 0.717) is 5.82 Å². The zero-order chi connectivity index (χ0) is 39.6. The van der Waals surface area contributed by atoms with Gasteiger partial charge in [-0.2, -0.15) is 0 Å². The number of rotatable bonds is 6. The lowest BCUT2D eigenvalue weighted by Gasteiger charge is -2.13. The molecular formula is C56H36N4. The molecule has 280 valence electrons. The number of hydrogen-bond acceptors (Lipinski definition) is 2. The summed E-state index contributed by atoms with van der Waals surface area (Å²) in [5, 5.41) is 7.39. The van der Waals surface area contributed by atoms with E-state index in [9.17, 15) is 0 Å². The molecule has 0 unspecified atom stereocenters. The van der Waals surface area contributed by atoms with Gasteiger partial charge in [-0.3, -0.25) is 0 Å².